The summed E-state index contributed by atoms with van der Waals surface area (Å²) in [4.78, 5) is 8.83. The molecule has 0 aliphatic heterocycles. The second-order valence-corrected chi connectivity index (χ2v) is 5.74. The van der Waals surface area contributed by atoms with Crippen LogP contribution in [-0.2, 0) is 0 Å². The molecule has 124 valence electrons. The Bertz CT molecular complexity index is 692. The molecule has 0 spiro atoms. The highest BCUT2D eigenvalue weighted by atomic mass is 35.5. The van der Waals surface area contributed by atoms with Gasteiger partial charge in [0.2, 0.25) is 5.95 Å². The van der Waals surface area contributed by atoms with Gasteiger partial charge in [-0.2, -0.15) is 4.98 Å². The molecule has 0 unspecified atom stereocenters. The predicted molar refractivity (Wildman–Crippen MR) is 93.4 cm³/mol. The highest BCUT2D eigenvalue weighted by molar-refractivity contribution is 6.32. The normalized spacial score (nSPS) is 10.6. The lowest BCUT2D eigenvalue weighted by atomic mass is 10.2. The Balaban J connectivity index is 2.36. The molecule has 1 heterocycles. The van der Waals surface area contributed by atoms with Gasteiger partial charge in [0, 0.05) is 29.9 Å². The van der Waals surface area contributed by atoms with Crippen LogP contribution in [0.1, 0.15) is 19.5 Å². The molecule has 7 heteroatoms. The number of anilines is 3. The number of nitrogens with zero attached hydrogens (tertiary/aromatic N) is 2. The SMILES string of the molecule is COc1cc(Nc2cc(C)nc(NC(C)C)n2)c(OC)cc1Cl. The lowest BCUT2D eigenvalue weighted by molar-refractivity contribution is 0.405. The van der Waals surface area contributed by atoms with E-state index in [1.54, 1.807) is 26.4 Å². The molecule has 2 aromatic rings. The van der Waals surface area contributed by atoms with E-state index in [0.717, 1.165) is 5.69 Å². The summed E-state index contributed by atoms with van der Waals surface area (Å²) in [5, 5.41) is 6.90. The van der Waals surface area contributed by atoms with Crippen LogP contribution >= 0.6 is 11.6 Å². The molecular formula is C16H21ClN4O2. The number of hydrogen-bond acceptors (Lipinski definition) is 6. The van der Waals surface area contributed by atoms with Crippen LogP contribution < -0.4 is 20.1 Å². The van der Waals surface area contributed by atoms with E-state index in [-0.39, 0.29) is 6.04 Å². The lowest BCUT2D eigenvalue weighted by Crippen LogP contribution is -2.13. The number of benzene rings is 1. The van der Waals surface area contributed by atoms with Crippen LogP contribution in [0.2, 0.25) is 5.02 Å². The molecule has 1 aromatic heterocycles. The van der Waals surface area contributed by atoms with Crippen LogP contribution in [-0.4, -0.2) is 30.2 Å². The molecule has 0 bridgehead atoms. The fourth-order valence-electron chi connectivity index (χ4n) is 2.05. The molecule has 2 rings (SSSR count). The van der Waals surface area contributed by atoms with Gasteiger partial charge in [0.1, 0.15) is 17.3 Å². The summed E-state index contributed by atoms with van der Waals surface area (Å²) in [5.41, 5.74) is 1.56. The van der Waals surface area contributed by atoms with Gasteiger partial charge >= 0.3 is 0 Å². The van der Waals surface area contributed by atoms with Crippen molar-refractivity contribution in [2.45, 2.75) is 26.8 Å². The molecule has 0 atom stereocenters. The van der Waals surface area contributed by atoms with Crippen molar-refractivity contribution >= 4 is 29.1 Å². The highest BCUT2D eigenvalue weighted by Crippen LogP contribution is 2.37. The van der Waals surface area contributed by atoms with Crippen LogP contribution in [0.25, 0.3) is 0 Å². The first-order valence-electron chi connectivity index (χ1n) is 7.23. The topological polar surface area (TPSA) is 68.3 Å². The van der Waals surface area contributed by atoms with Crippen molar-refractivity contribution in [3.63, 3.8) is 0 Å². The molecule has 0 saturated heterocycles. The first kappa shape index (κ1) is 17.1. The fourth-order valence-corrected chi connectivity index (χ4v) is 2.28. The van der Waals surface area contributed by atoms with E-state index >= 15 is 0 Å². The van der Waals surface area contributed by atoms with E-state index in [9.17, 15) is 0 Å². The summed E-state index contributed by atoms with van der Waals surface area (Å²) in [6.07, 6.45) is 0. The molecule has 0 radical (unpaired) electrons. The number of aromatic nitrogens is 2. The zero-order valence-electron chi connectivity index (χ0n) is 13.9. The second-order valence-electron chi connectivity index (χ2n) is 5.33. The maximum absolute atomic E-state index is 6.12. The van der Waals surface area contributed by atoms with Gasteiger partial charge in [-0.15, -0.1) is 0 Å². The Morgan fingerprint density at radius 2 is 1.74 bits per heavy atom. The van der Waals surface area contributed by atoms with E-state index in [0.29, 0.717) is 34.0 Å². The van der Waals surface area contributed by atoms with Crippen LogP contribution in [0.3, 0.4) is 0 Å². The lowest BCUT2D eigenvalue weighted by Gasteiger charge is -2.15. The summed E-state index contributed by atoms with van der Waals surface area (Å²) in [7, 11) is 3.15. The first-order valence-corrected chi connectivity index (χ1v) is 7.61. The summed E-state index contributed by atoms with van der Waals surface area (Å²) < 4.78 is 10.6. The molecule has 23 heavy (non-hydrogen) atoms. The molecule has 0 aliphatic carbocycles. The predicted octanol–water partition coefficient (Wildman–Crippen LogP) is 4.02. The summed E-state index contributed by atoms with van der Waals surface area (Å²) in [6.45, 7) is 5.98. The number of rotatable bonds is 6. The van der Waals surface area contributed by atoms with Gasteiger partial charge in [0.15, 0.2) is 0 Å². The van der Waals surface area contributed by atoms with Crippen molar-refractivity contribution < 1.29 is 9.47 Å². The van der Waals surface area contributed by atoms with Crippen LogP contribution in [0.15, 0.2) is 18.2 Å². The van der Waals surface area contributed by atoms with E-state index < -0.39 is 0 Å². The molecule has 0 fully saturated rings. The molecule has 0 amide bonds. The number of nitrogens with one attached hydrogen (secondary N) is 2. The van der Waals surface area contributed by atoms with Crippen molar-refractivity contribution in [2.24, 2.45) is 0 Å². The monoisotopic (exact) mass is 336 g/mol. The molecule has 2 N–H and O–H groups in total. The Labute approximate surface area is 141 Å². The molecule has 1 aromatic carbocycles. The van der Waals surface area contributed by atoms with E-state index in [2.05, 4.69) is 20.6 Å². The smallest absolute Gasteiger partial charge is 0.225 e. The summed E-state index contributed by atoms with van der Waals surface area (Å²) in [6, 6.07) is 5.57. The first-order chi connectivity index (χ1) is 10.9. The van der Waals surface area contributed by atoms with E-state index in [1.807, 2.05) is 26.8 Å². The minimum absolute atomic E-state index is 0.245. The third-order valence-electron chi connectivity index (χ3n) is 3.01. The van der Waals surface area contributed by atoms with E-state index in [1.165, 1.54) is 0 Å². The fraction of sp³-hybridized carbons (Fsp3) is 0.375. The Morgan fingerprint density at radius 1 is 1.04 bits per heavy atom. The number of ether oxygens (including phenoxy) is 2. The van der Waals surface area contributed by atoms with E-state index in [4.69, 9.17) is 21.1 Å². The number of methoxy groups -OCH3 is 2. The molecule has 0 aliphatic rings. The van der Waals surface area contributed by atoms with Gasteiger partial charge < -0.3 is 20.1 Å². The zero-order valence-corrected chi connectivity index (χ0v) is 14.7. The number of hydrogen-bond donors (Lipinski definition) is 2. The molecular weight excluding hydrogens is 316 g/mol. The molecule has 6 nitrogen and oxygen atoms in total. The van der Waals surface area contributed by atoms with Crippen LogP contribution in [0, 0.1) is 6.92 Å². The van der Waals surface area contributed by atoms with Crippen molar-refractivity contribution in [2.75, 3.05) is 24.9 Å². The number of halogens is 1. The van der Waals surface area contributed by atoms with Crippen LogP contribution in [0.5, 0.6) is 11.5 Å². The summed E-state index contributed by atoms with van der Waals surface area (Å²) >= 11 is 6.12. The average Bonchev–Trinajstić information content (AvgIpc) is 2.47. The standard InChI is InChI=1S/C16H21ClN4O2/c1-9(2)18-16-19-10(3)6-15(21-16)20-12-8-13(22-4)11(17)7-14(12)23-5/h6-9H,1-5H3,(H2,18,19,20,21). The Hall–Kier alpha value is -2.21. The summed E-state index contributed by atoms with van der Waals surface area (Å²) in [5.74, 6) is 2.39. The largest absolute Gasteiger partial charge is 0.495 e. The zero-order chi connectivity index (χ0) is 17.0. The van der Waals surface area contributed by atoms with Gasteiger partial charge in [-0.25, -0.2) is 4.98 Å². The minimum atomic E-state index is 0.245. The van der Waals surface area contributed by atoms with Crippen molar-refractivity contribution in [1.29, 1.82) is 0 Å². The van der Waals surface area contributed by atoms with Gasteiger partial charge in [0.25, 0.3) is 0 Å². The van der Waals surface area contributed by atoms with Crippen molar-refractivity contribution in [1.82, 2.24) is 9.97 Å². The average molecular weight is 337 g/mol. The molecule has 0 saturated carbocycles. The van der Waals surface area contributed by atoms with Gasteiger partial charge in [-0.3, -0.25) is 0 Å². The third-order valence-corrected chi connectivity index (χ3v) is 3.30. The van der Waals surface area contributed by atoms with Gasteiger partial charge in [0.05, 0.1) is 24.9 Å². The highest BCUT2D eigenvalue weighted by Gasteiger charge is 2.12. The van der Waals surface area contributed by atoms with Gasteiger partial charge in [-0.1, -0.05) is 11.6 Å². The third kappa shape index (κ3) is 4.39. The minimum Gasteiger partial charge on any atom is -0.495 e. The number of aryl methyl sites for hydroxylation is 1. The van der Waals surface area contributed by atoms with Crippen molar-refractivity contribution in [3.8, 4) is 11.5 Å². The second kappa shape index (κ2) is 7.37. The van der Waals surface area contributed by atoms with Gasteiger partial charge in [-0.05, 0) is 20.8 Å². The van der Waals surface area contributed by atoms with Crippen LogP contribution in [0.4, 0.5) is 17.5 Å². The Morgan fingerprint density at radius 3 is 2.35 bits per heavy atom. The maximum Gasteiger partial charge on any atom is 0.225 e. The maximum atomic E-state index is 6.12. The van der Waals surface area contributed by atoms with Crippen molar-refractivity contribution in [3.05, 3.63) is 28.9 Å². The Kier molecular flexibility index (Phi) is 5.50. The quantitative estimate of drug-likeness (QED) is 0.830.